The molecular weight excluding hydrogens is 252 g/mol. The van der Waals surface area contributed by atoms with Crippen LogP contribution >= 0.6 is 0 Å². The molecule has 1 heterocycles. The molecule has 1 aromatic heterocycles. The minimum absolute atomic E-state index is 0.0768. The number of phenolic OH excluding ortho intramolecular Hbond substituents is 1. The first-order chi connectivity index (χ1) is 9.72. The van der Waals surface area contributed by atoms with Gasteiger partial charge in [-0.25, -0.2) is 0 Å². The van der Waals surface area contributed by atoms with Crippen LogP contribution in [0.2, 0.25) is 0 Å². The molecule has 0 amide bonds. The lowest BCUT2D eigenvalue weighted by atomic mass is 10.1. The summed E-state index contributed by atoms with van der Waals surface area (Å²) < 4.78 is 5.76. The standard InChI is InChI=1S/C17H10O3/c18-12-5-6-13-16(9-12)20-15-8-11-4-2-1-3-10(11)7-14(15)17(13)19/h1-9,18H. The van der Waals surface area contributed by atoms with Crippen molar-refractivity contribution in [3.8, 4) is 5.75 Å². The second kappa shape index (κ2) is 3.84. The fourth-order valence-electron chi connectivity index (χ4n) is 2.53. The average Bonchev–Trinajstić information content (AvgIpc) is 2.45. The maximum absolute atomic E-state index is 12.5. The Morgan fingerprint density at radius 1 is 0.800 bits per heavy atom. The van der Waals surface area contributed by atoms with Gasteiger partial charge in [0.05, 0.1) is 10.8 Å². The molecule has 3 nitrogen and oxygen atoms in total. The maximum Gasteiger partial charge on any atom is 0.200 e. The molecule has 3 aromatic carbocycles. The highest BCUT2D eigenvalue weighted by Gasteiger charge is 2.09. The quantitative estimate of drug-likeness (QED) is 0.490. The zero-order chi connectivity index (χ0) is 13.7. The van der Waals surface area contributed by atoms with Gasteiger partial charge < -0.3 is 9.52 Å². The van der Waals surface area contributed by atoms with Gasteiger partial charge in [0.1, 0.15) is 16.9 Å². The molecule has 4 aromatic rings. The molecule has 20 heavy (non-hydrogen) atoms. The van der Waals surface area contributed by atoms with Crippen LogP contribution in [0.15, 0.2) is 63.8 Å². The largest absolute Gasteiger partial charge is 0.508 e. The average molecular weight is 262 g/mol. The Labute approximate surface area is 113 Å². The Kier molecular flexibility index (Phi) is 2.12. The van der Waals surface area contributed by atoms with Crippen LogP contribution in [-0.4, -0.2) is 5.11 Å². The van der Waals surface area contributed by atoms with Crippen LogP contribution in [0, 0.1) is 0 Å². The summed E-state index contributed by atoms with van der Waals surface area (Å²) in [6, 6.07) is 16.1. The van der Waals surface area contributed by atoms with E-state index in [1.165, 1.54) is 12.1 Å². The van der Waals surface area contributed by atoms with E-state index in [0.29, 0.717) is 21.9 Å². The Balaban J connectivity index is 2.26. The molecule has 0 radical (unpaired) electrons. The Hall–Kier alpha value is -2.81. The van der Waals surface area contributed by atoms with E-state index in [2.05, 4.69) is 0 Å². The van der Waals surface area contributed by atoms with Crippen LogP contribution in [0.1, 0.15) is 0 Å². The smallest absolute Gasteiger partial charge is 0.200 e. The van der Waals surface area contributed by atoms with Gasteiger partial charge in [0, 0.05) is 6.07 Å². The normalized spacial score (nSPS) is 11.4. The van der Waals surface area contributed by atoms with E-state index in [0.717, 1.165) is 10.8 Å². The topological polar surface area (TPSA) is 50.4 Å². The molecule has 4 rings (SSSR count). The highest BCUT2D eigenvalue weighted by molar-refractivity contribution is 5.99. The number of aromatic hydroxyl groups is 1. The van der Waals surface area contributed by atoms with E-state index in [1.54, 1.807) is 6.07 Å². The molecule has 0 atom stereocenters. The van der Waals surface area contributed by atoms with Gasteiger partial charge in [-0.2, -0.15) is 0 Å². The predicted molar refractivity (Wildman–Crippen MR) is 79.2 cm³/mol. The Morgan fingerprint density at radius 3 is 2.30 bits per heavy atom. The van der Waals surface area contributed by atoms with Crippen molar-refractivity contribution in [1.29, 1.82) is 0 Å². The Morgan fingerprint density at radius 2 is 1.50 bits per heavy atom. The van der Waals surface area contributed by atoms with Crippen molar-refractivity contribution in [2.75, 3.05) is 0 Å². The summed E-state index contributed by atoms with van der Waals surface area (Å²) in [5, 5.41) is 12.6. The van der Waals surface area contributed by atoms with E-state index >= 15 is 0 Å². The van der Waals surface area contributed by atoms with Gasteiger partial charge in [-0.1, -0.05) is 24.3 Å². The summed E-state index contributed by atoms with van der Waals surface area (Å²) in [4.78, 5) is 12.5. The van der Waals surface area contributed by atoms with Gasteiger partial charge in [0.15, 0.2) is 0 Å². The molecule has 0 bridgehead atoms. The molecule has 3 heteroatoms. The third-order valence-corrected chi connectivity index (χ3v) is 3.52. The monoisotopic (exact) mass is 262 g/mol. The second-order valence-electron chi connectivity index (χ2n) is 4.81. The first-order valence-corrected chi connectivity index (χ1v) is 6.31. The highest BCUT2D eigenvalue weighted by Crippen LogP contribution is 2.25. The van der Waals surface area contributed by atoms with E-state index in [4.69, 9.17) is 4.42 Å². The van der Waals surface area contributed by atoms with Crippen molar-refractivity contribution in [3.63, 3.8) is 0 Å². The van der Waals surface area contributed by atoms with Gasteiger partial charge >= 0.3 is 0 Å². The van der Waals surface area contributed by atoms with Crippen molar-refractivity contribution in [1.82, 2.24) is 0 Å². The molecule has 0 aliphatic rings. The van der Waals surface area contributed by atoms with Crippen molar-refractivity contribution in [2.45, 2.75) is 0 Å². The number of hydrogen-bond donors (Lipinski definition) is 1. The van der Waals surface area contributed by atoms with E-state index in [9.17, 15) is 9.90 Å². The summed E-state index contributed by atoms with van der Waals surface area (Å²) in [5.41, 5.74) is 0.858. The van der Waals surface area contributed by atoms with Crippen LogP contribution in [0.3, 0.4) is 0 Å². The SMILES string of the molecule is O=c1c2ccc(O)cc2oc2cc3ccccc3cc12. The zero-order valence-corrected chi connectivity index (χ0v) is 10.5. The van der Waals surface area contributed by atoms with Crippen molar-refractivity contribution in [2.24, 2.45) is 0 Å². The lowest BCUT2D eigenvalue weighted by molar-refractivity contribution is 0.474. The van der Waals surface area contributed by atoms with E-state index in [1.807, 2.05) is 36.4 Å². The van der Waals surface area contributed by atoms with Gasteiger partial charge in [-0.05, 0) is 35.0 Å². The number of phenols is 1. The predicted octanol–water partition coefficient (Wildman–Crippen LogP) is 3.81. The van der Waals surface area contributed by atoms with Crippen LogP contribution < -0.4 is 5.43 Å². The van der Waals surface area contributed by atoms with Crippen molar-refractivity contribution < 1.29 is 9.52 Å². The molecule has 0 saturated heterocycles. The molecule has 1 N–H and O–H groups in total. The first-order valence-electron chi connectivity index (χ1n) is 6.31. The first kappa shape index (κ1) is 11.1. The molecule has 0 spiro atoms. The maximum atomic E-state index is 12.5. The second-order valence-corrected chi connectivity index (χ2v) is 4.81. The molecule has 0 aliphatic carbocycles. The van der Waals surface area contributed by atoms with Crippen LogP contribution in [0.5, 0.6) is 5.75 Å². The van der Waals surface area contributed by atoms with Crippen LogP contribution in [0.4, 0.5) is 0 Å². The molecule has 0 unspecified atom stereocenters. The van der Waals surface area contributed by atoms with Crippen molar-refractivity contribution >= 4 is 32.7 Å². The lowest BCUT2D eigenvalue weighted by Crippen LogP contribution is -2.01. The van der Waals surface area contributed by atoms with E-state index < -0.39 is 0 Å². The number of rotatable bonds is 0. The zero-order valence-electron chi connectivity index (χ0n) is 10.5. The lowest BCUT2D eigenvalue weighted by Gasteiger charge is -2.04. The highest BCUT2D eigenvalue weighted by atomic mass is 16.3. The van der Waals surface area contributed by atoms with Crippen LogP contribution in [-0.2, 0) is 0 Å². The fraction of sp³-hybridized carbons (Fsp3) is 0. The molecule has 0 aliphatic heterocycles. The Bertz CT molecular complexity index is 1030. The fourth-order valence-corrected chi connectivity index (χ4v) is 2.53. The summed E-state index contributed by atoms with van der Waals surface area (Å²) in [6.45, 7) is 0. The third kappa shape index (κ3) is 1.50. The van der Waals surface area contributed by atoms with Gasteiger partial charge in [0.2, 0.25) is 5.43 Å². The molecule has 0 fully saturated rings. The van der Waals surface area contributed by atoms with Gasteiger partial charge in [0.25, 0.3) is 0 Å². The summed E-state index contributed by atoms with van der Waals surface area (Å²) >= 11 is 0. The number of fused-ring (bicyclic) bond motifs is 3. The molecule has 96 valence electrons. The van der Waals surface area contributed by atoms with Gasteiger partial charge in [-0.15, -0.1) is 0 Å². The van der Waals surface area contributed by atoms with Crippen LogP contribution in [0.25, 0.3) is 32.7 Å². The van der Waals surface area contributed by atoms with E-state index in [-0.39, 0.29) is 11.2 Å². The minimum atomic E-state index is -0.0768. The summed E-state index contributed by atoms with van der Waals surface area (Å²) in [6.07, 6.45) is 0. The number of benzene rings is 3. The summed E-state index contributed by atoms with van der Waals surface area (Å²) in [7, 11) is 0. The third-order valence-electron chi connectivity index (χ3n) is 3.52. The number of hydrogen-bond acceptors (Lipinski definition) is 3. The molecular formula is C17H10O3. The van der Waals surface area contributed by atoms with Crippen molar-refractivity contribution in [3.05, 3.63) is 64.8 Å². The summed E-state index contributed by atoms with van der Waals surface area (Å²) in [5.74, 6) is 0.0841. The molecule has 0 saturated carbocycles. The minimum Gasteiger partial charge on any atom is -0.508 e. The van der Waals surface area contributed by atoms with Gasteiger partial charge in [-0.3, -0.25) is 4.79 Å².